The zero-order valence-electron chi connectivity index (χ0n) is 9.54. The fourth-order valence-corrected chi connectivity index (χ4v) is 2.18. The number of ether oxygens (including phenoxy) is 1. The zero-order chi connectivity index (χ0) is 13.3. The van der Waals surface area contributed by atoms with E-state index in [4.69, 9.17) is 39.5 Å². The number of aromatic nitrogens is 3. The normalized spacial score (nSPS) is 10.5. The summed E-state index contributed by atoms with van der Waals surface area (Å²) in [6.07, 6.45) is 0. The number of halogens is 3. The molecular formula is C11H8Cl3N3O. The van der Waals surface area contributed by atoms with Crippen LogP contribution < -0.4 is 4.74 Å². The SMILES string of the molecule is Cc1cc(Cl)cc(C)c1Oc1nc(Cl)nc(Cl)n1. The largest absolute Gasteiger partial charge is 0.424 e. The van der Waals surface area contributed by atoms with Crippen LogP contribution in [0.5, 0.6) is 11.8 Å². The summed E-state index contributed by atoms with van der Waals surface area (Å²) >= 11 is 17.3. The summed E-state index contributed by atoms with van der Waals surface area (Å²) in [4.78, 5) is 11.3. The highest BCUT2D eigenvalue weighted by Crippen LogP contribution is 2.30. The lowest BCUT2D eigenvalue weighted by atomic mass is 10.1. The highest BCUT2D eigenvalue weighted by Gasteiger charge is 2.10. The van der Waals surface area contributed by atoms with E-state index in [0.29, 0.717) is 10.8 Å². The predicted molar refractivity (Wildman–Crippen MR) is 70.8 cm³/mol. The third-order valence-electron chi connectivity index (χ3n) is 2.18. The Morgan fingerprint density at radius 2 is 1.39 bits per heavy atom. The van der Waals surface area contributed by atoms with E-state index < -0.39 is 0 Å². The first-order valence-corrected chi connectivity index (χ1v) is 6.11. The fraction of sp³-hybridized carbons (Fsp3) is 0.182. The molecule has 0 radical (unpaired) electrons. The van der Waals surface area contributed by atoms with Gasteiger partial charge in [0, 0.05) is 5.02 Å². The summed E-state index contributed by atoms with van der Waals surface area (Å²) in [5.74, 6) is 0.623. The van der Waals surface area contributed by atoms with Crippen LogP contribution in [0.25, 0.3) is 0 Å². The number of aryl methyl sites for hydroxylation is 2. The standard InChI is InChI=1S/C11H8Cl3N3O/c1-5-3-7(12)4-6(2)8(5)18-11-16-9(13)15-10(14)17-11/h3-4H,1-2H3. The fourth-order valence-electron chi connectivity index (χ4n) is 1.50. The van der Waals surface area contributed by atoms with Crippen LogP contribution in [0.3, 0.4) is 0 Å². The van der Waals surface area contributed by atoms with Gasteiger partial charge in [0.2, 0.25) is 10.6 Å². The zero-order valence-corrected chi connectivity index (χ0v) is 11.8. The van der Waals surface area contributed by atoms with E-state index in [1.807, 2.05) is 13.8 Å². The van der Waals surface area contributed by atoms with Gasteiger partial charge >= 0.3 is 6.01 Å². The summed E-state index contributed by atoms with van der Waals surface area (Å²) in [6, 6.07) is 3.62. The van der Waals surface area contributed by atoms with Gasteiger partial charge in [0.1, 0.15) is 5.75 Å². The second kappa shape index (κ2) is 5.26. The maximum atomic E-state index is 5.94. The van der Waals surface area contributed by atoms with Crippen molar-refractivity contribution in [3.63, 3.8) is 0 Å². The molecule has 0 saturated heterocycles. The van der Waals surface area contributed by atoms with Crippen LogP contribution in [0.4, 0.5) is 0 Å². The molecule has 0 aliphatic heterocycles. The molecule has 94 valence electrons. The topological polar surface area (TPSA) is 47.9 Å². The summed E-state index contributed by atoms with van der Waals surface area (Å²) < 4.78 is 5.57. The van der Waals surface area contributed by atoms with E-state index >= 15 is 0 Å². The Bertz CT molecular complexity index is 561. The van der Waals surface area contributed by atoms with Crippen molar-refractivity contribution >= 4 is 34.8 Å². The second-order valence-electron chi connectivity index (χ2n) is 3.63. The molecule has 1 aromatic heterocycles. The Morgan fingerprint density at radius 1 is 0.889 bits per heavy atom. The number of hydrogen-bond donors (Lipinski definition) is 0. The van der Waals surface area contributed by atoms with Crippen LogP contribution in [0.1, 0.15) is 11.1 Å². The number of nitrogens with zero attached hydrogens (tertiary/aromatic N) is 3. The second-order valence-corrected chi connectivity index (χ2v) is 4.74. The molecule has 2 rings (SSSR count). The van der Waals surface area contributed by atoms with Crippen LogP contribution in [-0.4, -0.2) is 15.0 Å². The highest BCUT2D eigenvalue weighted by atomic mass is 35.5. The van der Waals surface area contributed by atoms with Crippen molar-refractivity contribution in [2.45, 2.75) is 13.8 Å². The van der Waals surface area contributed by atoms with E-state index in [9.17, 15) is 0 Å². The molecule has 0 spiro atoms. The van der Waals surface area contributed by atoms with Gasteiger partial charge < -0.3 is 4.74 Å². The first kappa shape index (κ1) is 13.3. The van der Waals surface area contributed by atoms with E-state index in [-0.39, 0.29) is 16.6 Å². The van der Waals surface area contributed by atoms with E-state index in [0.717, 1.165) is 11.1 Å². The average molecular weight is 305 g/mol. The third-order valence-corrected chi connectivity index (χ3v) is 2.74. The number of rotatable bonds is 2. The minimum absolute atomic E-state index is 0.0192. The molecule has 1 heterocycles. The van der Waals surface area contributed by atoms with Crippen LogP contribution in [0, 0.1) is 13.8 Å². The minimum Gasteiger partial charge on any atom is -0.424 e. The van der Waals surface area contributed by atoms with Gasteiger partial charge in [-0.25, -0.2) is 0 Å². The molecule has 0 unspecified atom stereocenters. The van der Waals surface area contributed by atoms with Gasteiger partial charge in [-0.15, -0.1) is 0 Å². The molecule has 0 aliphatic rings. The Morgan fingerprint density at radius 3 is 1.89 bits per heavy atom. The van der Waals surface area contributed by atoms with E-state index in [1.54, 1.807) is 12.1 Å². The molecule has 0 aliphatic carbocycles. The predicted octanol–water partition coefficient (Wildman–Crippen LogP) is 4.24. The molecule has 4 nitrogen and oxygen atoms in total. The van der Waals surface area contributed by atoms with Gasteiger partial charge in [-0.3, -0.25) is 0 Å². The van der Waals surface area contributed by atoms with Crippen LogP contribution >= 0.6 is 34.8 Å². The smallest absolute Gasteiger partial charge is 0.327 e. The maximum absolute atomic E-state index is 5.94. The molecular weight excluding hydrogens is 296 g/mol. The third kappa shape index (κ3) is 3.02. The lowest BCUT2D eigenvalue weighted by molar-refractivity contribution is 0.433. The van der Waals surface area contributed by atoms with Crippen molar-refractivity contribution in [2.75, 3.05) is 0 Å². The summed E-state index contributed by atoms with van der Waals surface area (Å²) in [7, 11) is 0. The van der Waals surface area contributed by atoms with Gasteiger partial charge in [0.25, 0.3) is 0 Å². The molecule has 2 aromatic rings. The van der Waals surface area contributed by atoms with Crippen molar-refractivity contribution < 1.29 is 4.74 Å². The Kier molecular flexibility index (Phi) is 3.90. The molecule has 0 N–H and O–H groups in total. The van der Waals surface area contributed by atoms with Gasteiger partial charge in [-0.1, -0.05) is 11.6 Å². The van der Waals surface area contributed by atoms with E-state index in [1.165, 1.54) is 0 Å². The van der Waals surface area contributed by atoms with Crippen molar-refractivity contribution in [3.05, 3.63) is 38.8 Å². The van der Waals surface area contributed by atoms with Crippen molar-refractivity contribution in [1.29, 1.82) is 0 Å². The van der Waals surface area contributed by atoms with Gasteiger partial charge in [-0.2, -0.15) is 15.0 Å². The van der Waals surface area contributed by atoms with Gasteiger partial charge in [-0.05, 0) is 60.3 Å². The Balaban J connectivity index is 2.40. The monoisotopic (exact) mass is 303 g/mol. The first-order chi connectivity index (χ1) is 8.45. The number of hydrogen-bond acceptors (Lipinski definition) is 4. The lowest BCUT2D eigenvalue weighted by Crippen LogP contribution is -1.98. The summed E-state index contributed by atoms with van der Waals surface area (Å²) in [5, 5.41) is 0.604. The molecule has 7 heteroatoms. The molecule has 0 bridgehead atoms. The van der Waals surface area contributed by atoms with Crippen molar-refractivity contribution in [3.8, 4) is 11.8 Å². The molecule has 1 aromatic carbocycles. The Hall–Kier alpha value is -1.10. The Labute approximate surface area is 119 Å². The molecule has 0 saturated carbocycles. The summed E-state index contributed by atoms with van der Waals surface area (Å²) in [5.41, 5.74) is 1.74. The summed E-state index contributed by atoms with van der Waals surface area (Å²) in [6.45, 7) is 3.75. The van der Waals surface area contributed by atoms with Gasteiger partial charge in [0.15, 0.2) is 0 Å². The molecule has 18 heavy (non-hydrogen) atoms. The quantitative estimate of drug-likeness (QED) is 0.832. The first-order valence-electron chi connectivity index (χ1n) is 4.97. The van der Waals surface area contributed by atoms with Crippen molar-refractivity contribution in [1.82, 2.24) is 15.0 Å². The van der Waals surface area contributed by atoms with Crippen molar-refractivity contribution in [2.24, 2.45) is 0 Å². The molecule has 0 atom stereocenters. The van der Waals surface area contributed by atoms with Crippen LogP contribution in [0.2, 0.25) is 15.6 Å². The number of benzene rings is 1. The average Bonchev–Trinajstić information content (AvgIpc) is 2.22. The lowest BCUT2D eigenvalue weighted by Gasteiger charge is -2.10. The highest BCUT2D eigenvalue weighted by molar-refractivity contribution is 6.31. The molecule has 0 fully saturated rings. The van der Waals surface area contributed by atoms with E-state index in [2.05, 4.69) is 15.0 Å². The maximum Gasteiger partial charge on any atom is 0.327 e. The van der Waals surface area contributed by atoms with Gasteiger partial charge in [0.05, 0.1) is 0 Å². The van der Waals surface area contributed by atoms with Crippen LogP contribution in [0.15, 0.2) is 12.1 Å². The molecule has 0 amide bonds. The minimum atomic E-state index is -0.0192. The van der Waals surface area contributed by atoms with Crippen LogP contribution in [-0.2, 0) is 0 Å².